The van der Waals surface area contributed by atoms with Gasteiger partial charge in [-0.25, -0.2) is 24.2 Å². The number of nitrogens with one attached hydrogen (secondary N) is 1. The van der Waals surface area contributed by atoms with Crippen LogP contribution in [0.15, 0.2) is 30.9 Å². The third-order valence-corrected chi connectivity index (χ3v) is 2.49. The predicted molar refractivity (Wildman–Crippen MR) is 72.9 cm³/mol. The van der Waals surface area contributed by atoms with Gasteiger partial charge < -0.3 is 25.4 Å². The fourth-order valence-electron chi connectivity index (χ4n) is 1.52. The zero-order chi connectivity index (χ0) is 17.6. The van der Waals surface area contributed by atoms with Gasteiger partial charge in [-0.1, -0.05) is 0 Å². The molecule has 23 heavy (non-hydrogen) atoms. The Labute approximate surface area is 127 Å². The minimum absolute atomic E-state index is 0.511. The number of carbonyl (C=O) groups is 4. The Kier molecular flexibility index (Phi) is 5.55. The molecule has 2 rings (SSSR count). The number of rotatable bonds is 4. The maximum Gasteiger partial charge on any atom is 0.336 e. The highest BCUT2D eigenvalue weighted by molar-refractivity contribution is 6.09. The molecular formula is C13H10N2O8. The summed E-state index contributed by atoms with van der Waals surface area (Å²) in [5.74, 6) is -6.64. The van der Waals surface area contributed by atoms with Gasteiger partial charge in [0, 0.05) is 12.4 Å². The molecule has 10 heteroatoms. The molecule has 0 spiro atoms. The van der Waals surface area contributed by atoms with Gasteiger partial charge in [-0.05, 0) is 12.1 Å². The van der Waals surface area contributed by atoms with Crippen LogP contribution in [0.4, 0.5) is 0 Å². The van der Waals surface area contributed by atoms with Crippen molar-refractivity contribution in [1.82, 2.24) is 9.97 Å². The van der Waals surface area contributed by atoms with Gasteiger partial charge in [-0.15, -0.1) is 0 Å². The molecule has 0 fully saturated rings. The van der Waals surface area contributed by atoms with Gasteiger partial charge in [0.1, 0.15) is 0 Å². The van der Waals surface area contributed by atoms with Gasteiger partial charge in [-0.2, -0.15) is 0 Å². The first-order valence-corrected chi connectivity index (χ1v) is 5.79. The summed E-state index contributed by atoms with van der Waals surface area (Å²) in [5.41, 5.74) is -3.15. The van der Waals surface area contributed by atoms with Gasteiger partial charge in [0.05, 0.1) is 28.6 Å². The zero-order valence-electron chi connectivity index (χ0n) is 11.3. The number of carboxylic acid groups (broad SMARTS) is 4. The summed E-state index contributed by atoms with van der Waals surface area (Å²) in [4.78, 5) is 49.5. The van der Waals surface area contributed by atoms with Crippen molar-refractivity contribution in [3.63, 3.8) is 0 Å². The van der Waals surface area contributed by atoms with E-state index in [2.05, 4.69) is 9.97 Å². The summed E-state index contributed by atoms with van der Waals surface area (Å²) >= 11 is 0. The second-order valence-electron chi connectivity index (χ2n) is 3.92. The Bertz CT molecular complexity index is 636. The smallest absolute Gasteiger partial charge is 0.336 e. The number of aromatic nitrogens is 2. The van der Waals surface area contributed by atoms with Gasteiger partial charge in [0.2, 0.25) is 0 Å². The fraction of sp³-hybridized carbons (Fsp3) is 0. The molecule has 10 nitrogen and oxygen atoms in total. The molecule has 0 unspecified atom stereocenters. The Hall–Kier alpha value is -3.69. The second kappa shape index (κ2) is 7.36. The lowest BCUT2D eigenvalue weighted by Gasteiger charge is -2.06. The number of aromatic amines is 1. The monoisotopic (exact) mass is 322 g/mol. The fourth-order valence-corrected chi connectivity index (χ4v) is 1.52. The van der Waals surface area contributed by atoms with Crippen molar-refractivity contribution in [2.75, 3.05) is 0 Å². The topological polar surface area (TPSA) is 178 Å². The Morgan fingerprint density at radius 1 is 0.739 bits per heavy atom. The van der Waals surface area contributed by atoms with E-state index in [0.717, 1.165) is 0 Å². The highest BCUT2D eigenvalue weighted by Crippen LogP contribution is 2.18. The minimum atomic E-state index is -1.66. The van der Waals surface area contributed by atoms with Crippen LogP contribution < -0.4 is 0 Å². The molecule has 0 amide bonds. The average Bonchev–Trinajstić information content (AvgIpc) is 3.04. The van der Waals surface area contributed by atoms with Crippen LogP contribution in [0.1, 0.15) is 41.4 Å². The summed E-state index contributed by atoms with van der Waals surface area (Å²) in [6.07, 6.45) is 5.08. The molecule has 0 bridgehead atoms. The Morgan fingerprint density at radius 2 is 1.09 bits per heavy atom. The lowest BCUT2D eigenvalue weighted by Crippen LogP contribution is -2.15. The summed E-state index contributed by atoms with van der Waals surface area (Å²) in [6, 6.07) is 1.02. The van der Waals surface area contributed by atoms with Crippen LogP contribution >= 0.6 is 0 Å². The van der Waals surface area contributed by atoms with Gasteiger partial charge in [-0.3, -0.25) is 0 Å². The highest BCUT2D eigenvalue weighted by Gasteiger charge is 2.24. The van der Waals surface area contributed by atoms with Crippen LogP contribution in [-0.4, -0.2) is 54.3 Å². The zero-order valence-corrected chi connectivity index (χ0v) is 11.3. The SMILES string of the molecule is O=C(O)c1cc(C(=O)O)c(C(=O)O)cc1C(=O)O.c1c[nH]cn1. The number of H-pyrrole nitrogens is 1. The molecule has 1 aromatic carbocycles. The lowest BCUT2D eigenvalue weighted by atomic mass is 9.98. The first-order valence-electron chi connectivity index (χ1n) is 5.79. The predicted octanol–water partition coefficient (Wildman–Crippen LogP) is 0.889. The number of aromatic carboxylic acids is 4. The van der Waals surface area contributed by atoms with Crippen molar-refractivity contribution in [3.05, 3.63) is 53.1 Å². The van der Waals surface area contributed by atoms with Crippen molar-refractivity contribution in [2.24, 2.45) is 0 Å². The standard InChI is InChI=1S/C10H6O8.C3H4N2/c11-7(12)3-1-4(8(13)14)6(10(17)18)2-5(3)9(15)16;1-2-5-3-4-1/h1-2H,(H,11,12)(H,13,14)(H,15,16)(H,17,18);1-3H,(H,4,5). The molecule has 1 aromatic heterocycles. The maximum absolute atomic E-state index is 10.8. The van der Waals surface area contributed by atoms with E-state index in [1.807, 2.05) is 0 Å². The molecule has 0 aliphatic rings. The van der Waals surface area contributed by atoms with Crippen molar-refractivity contribution >= 4 is 23.9 Å². The molecule has 0 saturated carbocycles. The molecule has 1 heterocycles. The lowest BCUT2D eigenvalue weighted by molar-refractivity contribution is 0.0637. The molecule has 120 valence electrons. The van der Waals surface area contributed by atoms with E-state index in [1.54, 1.807) is 18.7 Å². The van der Waals surface area contributed by atoms with Crippen molar-refractivity contribution in [1.29, 1.82) is 0 Å². The van der Waals surface area contributed by atoms with E-state index in [9.17, 15) is 19.2 Å². The van der Waals surface area contributed by atoms with Crippen LogP contribution in [0.3, 0.4) is 0 Å². The average molecular weight is 322 g/mol. The third kappa shape index (κ3) is 4.39. The number of hydrogen-bond acceptors (Lipinski definition) is 5. The van der Waals surface area contributed by atoms with Crippen LogP contribution in [-0.2, 0) is 0 Å². The summed E-state index contributed by atoms with van der Waals surface area (Å²) < 4.78 is 0. The van der Waals surface area contributed by atoms with Gasteiger partial charge >= 0.3 is 23.9 Å². The summed E-state index contributed by atoms with van der Waals surface area (Å²) in [7, 11) is 0. The van der Waals surface area contributed by atoms with Crippen LogP contribution in [0.2, 0.25) is 0 Å². The van der Waals surface area contributed by atoms with Crippen LogP contribution in [0.25, 0.3) is 0 Å². The first-order chi connectivity index (χ1) is 10.8. The Morgan fingerprint density at radius 3 is 1.22 bits per heavy atom. The minimum Gasteiger partial charge on any atom is -0.478 e. The van der Waals surface area contributed by atoms with E-state index in [4.69, 9.17) is 20.4 Å². The van der Waals surface area contributed by atoms with E-state index >= 15 is 0 Å². The van der Waals surface area contributed by atoms with E-state index in [0.29, 0.717) is 12.1 Å². The molecular weight excluding hydrogens is 312 g/mol. The summed E-state index contributed by atoms with van der Waals surface area (Å²) in [6.45, 7) is 0. The highest BCUT2D eigenvalue weighted by atomic mass is 16.4. The van der Waals surface area contributed by atoms with Gasteiger partial charge in [0.15, 0.2) is 0 Å². The Balaban J connectivity index is 0.000000446. The molecule has 0 aliphatic carbocycles. The molecule has 5 N–H and O–H groups in total. The maximum atomic E-state index is 10.8. The van der Waals surface area contributed by atoms with Crippen molar-refractivity contribution in [3.8, 4) is 0 Å². The third-order valence-electron chi connectivity index (χ3n) is 2.49. The van der Waals surface area contributed by atoms with Gasteiger partial charge in [0.25, 0.3) is 0 Å². The van der Waals surface area contributed by atoms with Crippen LogP contribution in [0, 0.1) is 0 Å². The quantitative estimate of drug-likeness (QED) is 0.546. The molecule has 0 saturated heterocycles. The van der Waals surface area contributed by atoms with E-state index in [-0.39, 0.29) is 0 Å². The molecule has 0 aliphatic heterocycles. The molecule has 2 aromatic rings. The van der Waals surface area contributed by atoms with Crippen molar-refractivity contribution in [2.45, 2.75) is 0 Å². The summed E-state index contributed by atoms with van der Waals surface area (Å²) in [5, 5.41) is 35.0. The first kappa shape index (κ1) is 17.4. The van der Waals surface area contributed by atoms with E-state index in [1.165, 1.54) is 0 Å². The number of nitrogens with zero attached hydrogens (tertiary/aromatic N) is 1. The largest absolute Gasteiger partial charge is 0.478 e. The van der Waals surface area contributed by atoms with Crippen LogP contribution in [0.5, 0.6) is 0 Å². The molecule has 0 radical (unpaired) electrons. The normalized spacial score (nSPS) is 9.39. The molecule has 0 atom stereocenters. The van der Waals surface area contributed by atoms with E-state index < -0.39 is 46.1 Å². The number of benzene rings is 1. The second-order valence-corrected chi connectivity index (χ2v) is 3.92. The number of hydrogen-bond donors (Lipinski definition) is 5. The number of carboxylic acids is 4. The van der Waals surface area contributed by atoms with Crippen molar-refractivity contribution < 1.29 is 39.6 Å². The number of imidazole rings is 1.